The van der Waals surface area contributed by atoms with Crippen LogP contribution in [0.15, 0.2) is 41.2 Å². The second kappa shape index (κ2) is 8.95. The average molecular weight is 421 g/mol. The standard InChI is InChI=1S/C21H22Cl2N2O3/c1-3-28-20-9-4-13(10-17(20)23)15(19-8-6-16(22)21(27)25-19)11-14-5-7-18(24-14)12(2)26/h4,6,8-11,14,18,24H,3,5,7H2,1-2H3,(H,25,27)/t14-,18?/m1/s1. The van der Waals surface area contributed by atoms with Crippen LogP contribution >= 0.6 is 23.2 Å². The third-order valence-corrected chi connectivity index (χ3v) is 5.33. The molecule has 1 unspecified atom stereocenters. The zero-order valence-electron chi connectivity index (χ0n) is 15.7. The molecule has 1 aromatic heterocycles. The molecule has 7 heteroatoms. The van der Waals surface area contributed by atoms with Gasteiger partial charge in [0.15, 0.2) is 0 Å². The van der Waals surface area contributed by atoms with Crippen LogP contribution in [0.5, 0.6) is 5.75 Å². The molecule has 28 heavy (non-hydrogen) atoms. The zero-order valence-corrected chi connectivity index (χ0v) is 17.2. The number of carbonyl (C=O) groups excluding carboxylic acids is 1. The van der Waals surface area contributed by atoms with E-state index in [1.807, 2.05) is 31.2 Å². The number of benzene rings is 1. The molecule has 2 aromatic rings. The first-order chi connectivity index (χ1) is 13.4. The number of H-pyrrole nitrogens is 1. The fourth-order valence-electron chi connectivity index (χ4n) is 3.32. The molecule has 0 spiro atoms. The minimum absolute atomic E-state index is 0.00780. The van der Waals surface area contributed by atoms with E-state index < -0.39 is 0 Å². The van der Waals surface area contributed by atoms with Crippen LogP contribution in [0.2, 0.25) is 10.0 Å². The normalized spacial score (nSPS) is 19.6. The molecule has 0 bridgehead atoms. The molecule has 2 N–H and O–H groups in total. The number of ether oxygens (including phenoxy) is 1. The Kier molecular flexibility index (Phi) is 6.60. The minimum Gasteiger partial charge on any atom is -0.492 e. The smallest absolute Gasteiger partial charge is 0.267 e. The molecule has 0 amide bonds. The Morgan fingerprint density at radius 1 is 1.21 bits per heavy atom. The van der Waals surface area contributed by atoms with E-state index in [-0.39, 0.29) is 28.4 Å². The SMILES string of the molecule is CCOc1ccc(C(=C[C@H]2CCC(C(C)=O)N2)c2ccc(Cl)c(=O)[nH]2)cc1Cl. The molecule has 0 radical (unpaired) electrons. The van der Waals surface area contributed by atoms with E-state index in [1.165, 1.54) is 0 Å². The van der Waals surface area contributed by atoms with Gasteiger partial charge in [0, 0.05) is 17.3 Å². The van der Waals surface area contributed by atoms with Crippen LogP contribution in [0.4, 0.5) is 0 Å². The predicted molar refractivity (Wildman–Crippen MR) is 112 cm³/mol. The van der Waals surface area contributed by atoms with Crippen molar-refractivity contribution in [2.75, 3.05) is 6.61 Å². The highest BCUT2D eigenvalue weighted by Gasteiger charge is 2.26. The topological polar surface area (TPSA) is 71.2 Å². The first-order valence-electron chi connectivity index (χ1n) is 9.19. The highest BCUT2D eigenvalue weighted by atomic mass is 35.5. The Morgan fingerprint density at radius 3 is 2.61 bits per heavy atom. The number of ketones is 1. The second-order valence-electron chi connectivity index (χ2n) is 6.72. The quantitative estimate of drug-likeness (QED) is 0.733. The van der Waals surface area contributed by atoms with Crippen molar-refractivity contribution in [1.29, 1.82) is 0 Å². The van der Waals surface area contributed by atoms with Crippen molar-refractivity contribution in [3.63, 3.8) is 0 Å². The molecule has 2 atom stereocenters. The monoisotopic (exact) mass is 420 g/mol. The molecule has 1 aliphatic heterocycles. The first kappa shape index (κ1) is 20.6. The summed E-state index contributed by atoms with van der Waals surface area (Å²) in [6.45, 7) is 4.00. The molecule has 1 saturated heterocycles. The maximum Gasteiger partial charge on any atom is 0.267 e. The van der Waals surface area contributed by atoms with Crippen LogP contribution < -0.4 is 15.6 Å². The number of aromatic nitrogens is 1. The maximum atomic E-state index is 12.0. The number of hydrogen-bond acceptors (Lipinski definition) is 4. The summed E-state index contributed by atoms with van der Waals surface area (Å²) in [5, 5.41) is 3.95. The van der Waals surface area contributed by atoms with Gasteiger partial charge in [-0.1, -0.05) is 35.3 Å². The number of Topliss-reactive ketones (excluding diaryl/α,β-unsaturated/α-hetero) is 1. The van der Waals surface area contributed by atoms with Crippen molar-refractivity contribution in [3.8, 4) is 5.75 Å². The highest BCUT2D eigenvalue weighted by molar-refractivity contribution is 6.32. The van der Waals surface area contributed by atoms with Crippen molar-refractivity contribution in [1.82, 2.24) is 10.3 Å². The average Bonchev–Trinajstić information content (AvgIpc) is 3.13. The first-order valence-corrected chi connectivity index (χ1v) is 9.95. The molecular weight excluding hydrogens is 399 g/mol. The molecule has 3 rings (SSSR count). The second-order valence-corrected chi connectivity index (χ2v) is 7.54. The Labute approximate surface area is 173 Å². The van der Waals surface area contributed by atoms with E-state index in [0.29, 0.717) is 23.1 Å². The molecule has 1 aromatic carbocycles. The predicted octanol–water partition coefficient (Wildman–Crippen LogP) is 4.22. The van der Waals surface area contributed by atoms with Gasteiger partial charge in [-0.25, -0.2) is 0 Å². The number of aromatic amines is 1. The van der Waals surface area contributed by atoms with Crippen LogP contribution in [0.1, 0.15) is 37.9 Å². The maximum absolute atomic E-state index is 12.0. The summed E-state index contributed by atoms with van der Waals surface area (Å²) in [7, 11) is 0. The Morgan fingerprint density at radius 2 is 2.00 bits per heavy atom. The van der Waals surface area contributed by atoms with E-state index in [9.17, 15) is 9.59 Å². The van der Waals surface area contributed by atoms with E-state index in [0.717, 1.165) is 24.0 Å². The summed E-state index contributed by atoms with van der Waals surface area (Å²) < 4.78 is 5.51. The Balaban J connectivity index is 2.03. The molecule has 148 valence electrons. The lowest BCUT2D eigenvalue weighted by atomic mass is 9.99. The van der Waals surface area contributed by atoms with E-state index in [1.54, 1.807) is 19.1 Å². The summed E-state index contributed by atoms with van der Waals surface area (Å²) in [5.74, 6) is 0.731. The number of hydrogen-bond donors (Lipinski definition) is 2. The molecule has 5 nitrogen and oxygen atoms in total. The Bertz CT molecular complexity index is 968. The van der Waals surface area contributed by atoms with Crippen LogP contribution in [0, 0.1) is 0 Å². The van der Waals surface area contributed by atoms with Gasteiger partial charge in [-0.05, 0) is 56.5 Å². The van der Waals surface area contributed by atoms with Crippen molar-refractivity contribution in [2.45, 2.75) is 38.8 Å². The lowest BCUT2D eigenvalue weighted by Crippen LogP contribution is -2.33. The van der Waals surface area contributed by atoms with Gasteiger partial charge < -0.3 is 15.0 Å². The fourth-order valence-corrected chi connectivity index (χ4v) is 3.67. The summed E-state index contributed by atoms with van der Waals surface area (Å²) in [4.78, 5) is 26.5. The summed E-state index contributed by atoms with van der Waals surface area (Å²) in [6.07, 6.45) is 3.63. The van der Waals surface area contributed by atoms with Gasteiger partial charge in [0.25, 0.3) is 5.56 Å². The van der Waals surface area contributed by atoms with Crippen LogP contribution in [0.25, 0.3) is 5.57 Å². The van der Waals surface area contributed by atoms with E-state index in [2.05, 4.69) is 10.3 Å². The van der Waals surface area contributed by atoms with Crippen LogP contribution in [-0.4, -0.2) is 29.5 Å². The number of carbonyl (C=O) groups is 1. The van der Waals surface area contributed by atoms with Gasteiger partial charge in [-0.3, -0.25) is 9.59 Å². The molecule has 0 saturated carbocycles. The minimum atomic E-state index is -0.358. The van der Waals surface area contributed by atoms with Gasteiger partial charge in [0.2, 0.25) is 0 Å². The molecule has 1 aliphatic rings. The Hall–Kier alpha value is -2.08. The van der Waals surface area contributed by atoms with Crippen molar-refractivity contribution >= 4 is 34.6 Å². The van der Waals surface area contributed by atoms with Crippen LogP contribution in [0.3, 0.4) is 0 Å². The van der Waals surface area contributed by atoms with E-state index in [4.69, 9.17) is 27.9 Å². The number of nitrogens with one attached hydrogen (secondary N) is 2. The lowest BCUT2D eigenvalue weighted by Gasteiger charge is -2.15. The molecule has 1 fully saturated rings. The van der Waals surface area contributed by atoms with Gasteiger partial charge >= 0.3 is 0 Å². The highest BCUT2D eigenvalue weighted by Crippen LogP contribution is 2.32. The van der Waals surface area contributed by atoms with Gasteiger partial charge in [-0.2, -0.15) is 0 Å². The number of pyridine rings is 1. The molecule has 2 heterocycles. The third kappa shape index (κ3) is 4.66. The summed E-state index contributed by atoms with van der Waals surface area (Å²) in [6, 6.07) is 8.71. The lowest BCUT2D eigenvalue weighted by molar-refractivity contribution is -0.118. The zero-order chi connectivity index (χ0) is 20.3. The van der Waals surface area contributed by atoms with Gasteiger partial charge in [-0.15, -0.1) is 0 Å². The largest absolute Gasteiger partial charge is 0.492 e. The van der Waals surface area contributed by atoms with Crippen molar-refractivity contribution in [2.24, 2.45) is 0 Å². The van der Waals surface area contributed by atoms with Crippen molar-refractivity contribution in [3.05, 3.63) is 68.1 Å². The van der Waals surface area contributed by atoms with E-state index >= 15 is 0 Å². The van der Waals surface area contributed by atoms with Crippen LogP contribution in [-0.2, 0) is 4.79 Å². The molecule has 0 aliphatic carbocycles. The van der Waals surface area contributed by atoms with Gasteiger partial charge in [0.1, 0.15) is 16.6 Å². The third-order valence-electron chi connectivity index (χ3n) is 4.73. The van der Waals surface area contributed by atoms with Crippen molar-refractivity contribution < 1.29 is 9.53 Å². The number of halogens is 2. The van der Waals surface area contributed by atoms with Gasteiger partial charge in [0.05, 0.1) is 17.7 Å². The fraction of sp³-hybridized carbons (Fsp3) is 0.333. The molecular formula is C21H22Cl2N2O3. The summed E-state index contributed by atoms with van der Waals surface area (Å²) >= 11 is 12.3. The number of rotatable bonds is 6. The summed E-state index contributed by atoms with van der Waals surface area (Å²) in [5.41, 5.74) is 1.91.